The molecule has 1 N–H and O–H groups in total. The second-order valence-electron chi connectivity index (χ2n) is 7.23. The zero-order valence-electron chi connectivity index (χ0n) is 16.1. The van der Waals surface area contributed by atoms with Gasteiger partial charge < -0.3 is 10.2 Å². The molecule has 0 aromatic carbocycles. The first-order valence-electron chi connectivity index (χ1n) is 9.10. The van der Waals surface area contributed by atoms with Gasteiger partial charge in [-0.05, 0) is 35.6 Å². The van der Waals surface area contributed by atoms with Gasteiger partial charge in [0.2, 0.25) is 5.13 Å². The van der Waals surface area contributed by atoms with Crippen LogP contribution in [-0.2, 0) is 12.6 Å². The van der Waals surface area contributed by atoms with Crippen molar-refractivity contribution in [2.75, 3.05) is 23.8 Å². The molecule has 0 fully saturated rings. The first-order chi connectivity index (χ1) is 13.7. The second-order valence-corrected chi connectivity index (χ2v) is 7.98. The standard InChI is InChI=1S/C19H19F3N6S/c1-10(2)12-8-24-16(7-13(12)19(20,21)22)25-18-26-17(27-29-18)14-6-11-4-5-28(3)15(11)9-23-14/h6-10H,4-5H2,1-3H3,(H,24,25,26,27). The minimum absolute atomic E-state index is 0.0768. The predicted octanol–water partition coefficient (Wildman–Crippen LogP) is 4.87. The average molecular weight is 420 g/mol. The number of nitrogens with zero attached hydrogens (tertiary/aromatic N) is 5. The Morgan fingerprint density at radius 3 is 2.69 bits per heavy atom. The first kappa shape index (κ1) is 19.6. The lowest BCUT2D eigenvalue weighted by molar-refractivity contribution is -0.138. The SMILES string of the molecule is CC(C)c1cnc(Nc2nc(-c3cc4c(cn3)N(C)CC4)ns2)cc1C(F)(F)F. The Labute approximate surface area is 170 Å². The van der Waals surface area contributed by atoms with Crippen LogP contribution in [0.4, 0.5) is 29.8 Å². The highest BCUT2D eigenvalue weighted by molar-refractivity contribution is 7.09. The zero-order chi connectivity index (χ0) is 20.8. The number of halogens is 3. The highest BCUT2D eigenvalue weighted by Gasteiger charge is 2.34. The molecule has 29 heavy (non-hydrogen) atoms. The summed E-state index contributed by atoms with van der Waals surface area (Å²) in [6.45, 7) is 4.35. The Morgan fingerprint density at radius 2 is 1.97 bits per heavy atom. The molecule has 0 saturated carbocycles. The third kappa shape index (κ3) is 3.89. The number of hydrogen-bond acceptors (Lipinski definition) is 7. The van der Waals surface area contributed by atoms with Crippen molar-refractivity contribution >= 4 is 28.2 Å². The number of fused-ring (bicyclic) bond motifs is 1. The van der Waals surface area contributed by atoms with Crippen LogP contribution in [0.3, 0.4) is 0 Å². The van der Waals surface area contributed by atoms with Gasteiger partial charge in [-0.3, -0.25) is 4.98 Å². The van der Waals surface area contributed by atoms with Gasteiger partial charge in [0, 0.05) is 31.3 Å². The van der Waals surface area contributed by atoms with Crippen LogP contribution in [-0.4, -0.2) is 32.9 Å². The fourth-order valence-corrected chi connectivity index (χ4v) is 3.88. The molecule has 0 spiro atoms. The van der Waals surface area contributed by atoms with Crippen LogP contribution in [0.2, 0.25) is 0 Å². The summed E-state index contributed by atoms with van der Waals surface area (Å²) in [5.41, 5.74) is 2.38. The Kier molecular flexibility index (Phi) is 4.89. The van der Waals surface area contributed by atoms with Crippen LogP contribution >= 0.6 is 11.5 Å². The number of hydrogen-bond donors (Lipinski definition) is 1. The topological polar surface area (TPSA) is 66.8 Å². The number of likely N-dealkylation sites (N-methyl/N-ethyl adjacent to an activating group) is 1. The van der Waals surface area contributed by atoms with E-state index in [1.54, 1.807) is 20.0 Å². The molecule has 0 unspecified atom stereocenters. The lowest BCUT2D eigenvalue weighted by Crippen LogP contribution is -2.12. The van der Waals surface area contributed by atoms with E-state index in [1.807, 2.05) is 13.1 Å². The van der Waals surface area contributed by atoms with Crippen LogP contribution < -0.4 is 10.2 Å². The molecule has 3 aromatic heterocycles. The molecule has 0 saturated heterocycles. The summed E-state index contributed by atoms with van der Waals surface area (Å²) < 4.78 is 44.5. The maximum Gasteiger partial charge on any atom is 0.416 e. The van der Waals surface area contributed by atoms with Crippen LogP contribution in [0.1, 0.15) is 36.5 Å². The van der Waals surface area contributed by atoms with Crippen molar-refractivity contribution in [3.8, 4) is 11.5 Å². The maximum absolute atomic E-state index is 13.4. The Bertz CT molecular complexity index is 1050. The fraction of sp³-hybridized carbons (Fsp3) is 0.368. The maximum atomic E-state index is 13.4. The summed E-state index contributed by atoms with van der Waals surface area (Å²) in [6.07, 6.45) is -0.459. The summed E-state index contributed by atoms with van der Waals surface area (Å²) in [4.78, 5) is 15.0. The van der Waals surface area contributed by atoms with Crippen LogP contribution in [0.5, 0.6) is 0 Å². The smallest absolute Gasteiger partial charge is 0.373 e. The molecule has 0 amide bonds. The molecular weight excluding hydrogens is 401 g/mol. The van der Waals surface area contributed by atoms with E-state index in [0.29, 0.717) is 16.6 Å². The van der Waals surface area contributed by atoms with Gasteiger partial charge in [-0.2, -0.15) is 22.5 Å². The molecule has 10 heteroatoms. The normalized spacial score (nSPS) is 13.8. The van der Waals surface area contributed by atoms with E-state index in [4.69, 9.17) is 0 Å². The predicted molar refractivity (Wildman–Crippen MR) is 107 cm³/mol. The minimum atomic E-state index is -4.45. The van der Waals surface area contributed by atoms with Gasteiger partial charge in [-0.1, -0.05) is 13.8 Å². The van der Waals surface area contributed by atoms with E-state index in [-0.39, 0.29) is 17.3 Å². The number of pyridine rings is 2. The Balaban J connectivity index is 1.58. The Morgan fingerprint density at radius 1 is 1.17 bits per heavy atom. The largest absolute Gasteiger partial charge is 0.416 e. The van der Waals surface area contributed by atoms with Crippen molar-refractivity contribution in [3.05, 3.63) is 41.2 Å². The van der Waals surface area contributed by atoms with Crippen molar-refractivity contribution < 1.29 is 13.2 Å². The van der Waals surface area contributed by atoms with Crippen LogP contribution in [0.15, 0.2) is 24.5 Å². The first-order valence-corrected chi connectivity index (χ1v) is 9.88. The van der Waals surface area contributed by atoms with E-state index in [0.717, 1.165) is 36.3 Å². The van der Waals surface area contributed by atoms with Gasteiger partial charge in [-0.15, -0.1) is 0 Å². The van der Waals surface area contributed by atoms with Crippen molar-refractivity contribution in [2.45, 2.75) is 32.4 Å². The third-order valence-corrected chi connectivity index (χ3v) is 5.48. The lowest BCUT2D eigenvalue weighted by Gasteiger charge is -2.16. The molecule has 0 atom stereocenters. The van der Waals surface area contributed by atoms with Gasteiger partial charge in [0.1, 0.15) is 11.5 Å². The summed E-state index contributed by atoms with van der Waals surface area (Å²) in [5, 5.41) is 3.19. The fourth-order valence-electron chi connectivity index (χ4n) is 3.29. The highest BCUT2D eigenvalue weighted by atomic mass is 32.1. The van der Waals surface area contributed by atoms with Crippen molar-refractivity contribution in [1.82, 2.24) is 19.3 Å². The molecular formula is C19H19F3N6S. The third-order valence-electron chi connectivity index (χ3n) is 4.85. The van der Waals surface area contributed by atoms with Crippen molar-refractivity contribution in [3.63, 3.8) is 0 Å². The quantitative estimate of drug-likeness (QED) is 0.649. The lowest BCUT2D eigenvalue weighted by atomic mass is 9.99. The summed E-state index contributed by atoms with van der Waals surface area (Å²) in [5.74, 6) is 0.226. The molecule has 0 bridgehead atoms. The van der Waals surface area contributed by atoms with E-state index >= 15 is 0 Å². The summed E-state index contributed by atoms with van der Waals surface area (Å²) in [6, 6.07) is 2.97. The van der Waals surface area contributed by atoms with Gasteiger partial charge in [0.25, 0.3) is 0 Å². The number of nitrogens with one attached hydrogen (secondary N) is 1. The minimum Gasteiger partial charge on any atom is -0.373 e. The number of anilines is 3. The number of rotatable bonds is 4. The van der Waals surface area contributed by atoms with Crippen LogP contribution in [0, 0.1) is 0 Å². The van der Waals surface area contributed by atoms with Gasteiger partial charge >= 0.3 is 6.18 Å². The van der Waals surface area contributed by atoms with Crippen molar-refractivity contribution in [1.29, 1.82) is 0 Å². The molecule has 152 valence electrons. The summed E-state index contributed by atoms with van der Waals surface area (Å²) in [7, 11) is 2.02. The van der Waals surface area contributed by atoms with E-state index < -0.39 is 11.7 Å². The van der Waals surface area contributed by atoms with E-state index in [1.165, 1.54) is 11.8 Å². The molecule has 4 heterocycles. The summed E-state index contributed by atoms with van der Waals surface area (Å²) >= 11 is 1.05. The molecule has 0 radical (unpaired) electrons. The highest BCUT2D eigenvalue weighted by Crippen LogP contribution is 2.36. The van der Waals surface area contributed by atoms with E-state index in [9.17, 15) is 13.2 Å². The van der Waals surface area contributed by atoms with Gasteiger partial charge in [-0.25, -0.2) is 4.98 Å². The Hall–Kier alpha value is -2.75. The molecule has 1 aliphatic rings. The average Bonchev–Trinajstić information content (AvgIpc) is 3.27. The molecule has 3 aromatic rings. The van der Waals surface area contributed by atoms with Gasteiger partial charge in [0.15, 0.2) is 5.82 Å². The monoisotopic (exact) mass is 420 g/mol. The second kappa shape index (κ2) is 7.25. The van der Waals surface area contributed by atoms with Gasteiger partial charge in [0.05, 0.1) is 17.4 Å². The molecule has 1 aliphatic heterocycles. The number of alkyl halides is 3. The van der Waals surface area contributed by atoms with E-state index in [2.05, 4.69) is 29.5 Å². The molecule has 0 aliphatic carbocycles. The molecule has 6 nitrogen and oxygen atoms in total. The number of aromatic nitrogens is 4. The van der Waals surface area contributed by atoms with Crippen molar-refractivity contribution in [2.24, 2.45) is 0 Å². The zero-order valence-corrected chi connectivity index (χ0v) is 16.9. The molecule has 4 rings (SSSR count). The van der Waals surface area contributed by atoms with Crippen LogP contribution in [0.25, 0.3) is 11.5 Å².